The van der Waals surface area contributed by atoms with E-state index in [0.29, 0.717) is 6.42 Å². The van der Waals surface area contributed by atoms with E-state index in [-0.39, 0.29) is 18.0 Å². The molecule has 19 heavy (non-hydrogen) atoms. The lowest BCUT2D eigenvalue weighted by Crippen LogP contribution is -2.53. The fourth-order valence-electron chi connectivity index (χ4n) is 3.46. The Labute approximate surface area is 110 Å². The molecule has 2 saturated heterocycles. The number of carbonyl (C=O) groups is 2. The largest absolute Gasteiger partial charge is 0.427 e. The van der Waals surface area contributed by atoms with Crippen LogP contribution in [0.15, 0.2) is 24.3 Å². The Hall–Kier alpha value is -2.04. The van der Waals surface area contributed by atoms with Crippen LogP contribution in [0.4, 0.5) is 10.5 Å². The van der Waals surface area contributed by atoms with Gasteiger partial charge < -0.3 is 15.0 Å². The summed E-state index contributed by atoms with van der Waals surface area (Å²) < 4.78 is 5.56. The molecule has 2 atom stereocenters. The summed E-state index contributed by atoms with van der Waals surface area (Å²) in [7, 11) is 0. The zero-order valence-corrected chi connectivity index (χ0v) is 10.4. The number of nitrogens with zero attached hydrogens (tertiary/aromatic N) is 1. The molecule has 2 amide bonds. The second-order valence-electron chi connectivity index (χ2n) is 5.39. The molecule has 0 unspecified atom stereocenters. The average Bonchev–Trinajstić information content (AvgIpc) is 2.96. The third kappa shape index (κ3) is 1.30. The third-order valence-corrected chi connectivity index (χ3v) is 4.37. The van der Waals surface area contributed by atoms with Crippen molar-refractivity contribution < 1.29 is 14.3 Å². The Kier molecular flexibility index (Phi) is 2.00. The number of hydrogen-bond donors (Lipinski definition) is 1. The van der Waals surface area contributed by atoms with Gasteiger partial charge in [0.05, 0.1) is 0 Å². The van der Waals surface area contributed by atoms with Crippen molar-refractivity contribution in [2.24, 2.45) is 0 Å². The van der Waals surface area contributed by atoms with E-state index in [1.165, 1.54) is 0 Å². The third-order valence-electron chi connectivity index (χ3n) is 4.37. The first-order chi connectivity index (χ1) is 9.21. The van der Waals surface area contributed by atoms with Crippen molar-refractivity contribution in [2.75, 3.05) is 11.9 Å². The number of anilines is 1. The van der Waals surface area contributed by atoms with Gasteiger partial charge in [-0.1, -0.05) is 18.2 Å². The molecule has 0 saturated carbocycles. The molecule has 1 N–H and O–H groups in total. The highest BCUT2D eigenvalue weighted by Gasteiger charge is 2.56. The number of fused-ring (bicyclic) bond motifs is 3. The van der Waals surface area contributed by atoms with Gasteiger partial charge in [0.1, 0.15) is 0 Å². The minimum Gasteiger partial charge on any atom is -0.427 e. The van der Waals surface area contributed by atoms with Gasteiger partial charge in [-0.15, -0.1) is 0 Å². The predicted octanol–water partition coefficient (Wildman–Crippen LogP) is 1.84. The highest BCUT2D eigenvalue weighted by Crippen LogP contribution is 2.47. The van der Waals surface area contributed by atoms with Crippen molar-refractivity contribution in [2.45, 2.75) is 30.9 Å². The SMILES string of the molecule is O=C1O[C@@]2(C[C@H]3CCCN13)C(=O)Nc1ccccc12. The molecule has 2 fully saturated rings. The summed E-state index contributed by atoms with van der Waals surface area (Å²) in [6.07, 6.45) is 2.13. The summed E-state index contributed by atoms with van der Waals surface area (Å²) in [5, 5.41) is 2.82. The molecule has 4 rings (SSSR count). The molecule has 1 aromatic carbocycles. The molecule has 0 aliphatic carbocycles. The van der Waals surface area contributed by atoms with Crippen LogP contribution in [-0.2, 0) is 15.1 Å². The van der Waals surface area contributed by atoms with Crippen LogP contribution in [0.2, 0.25) is 0 Å². The molecule has 5 nitrogen and oxygen atoms in total. The number of nitrogens with one attached hydrogen (secondary N) is 1. The minimum absolute atomic E-state index is 0.123. The Morgan fingerprint density at radius 3 is 3.05 bits per heavy atom. The van der Waals surface area contributed by atoms with Crippen molar-refractivity contribution in [3.63, 3.8) is 0 Å². The van der Waals surface area contributed by atoms with Gasteiger partial charge in [0.25, 0.3) is 5.91 Å². The van der Waals surface area contributed by atoms with Gasteiger partial charge in [-0.2, -0.15) is 0 Å². The highest BCUT2D eigenvalue weighted by atomic mass is 16.6. The zero-order valence-electron chi connectivity index (χ0n) is 10.4. The van der Waals surface area contributed by atoms with E-state index >= 15 is 0 Å². The van der Waals surface area contributed by atoms with Crippen LogP contribution in [-0.4, -0.2) is 29.5 Å². The molecular formula is C14H14N2O3. The molecule has 5 heteroatoms. The number of hydrogen-bond acceptors (Lipinski definition) is 3. The van der Waals surface area contributed by atoms with E-state index in [0.717, 1.165) is 30.6 Å². The summed E-state index contributed by atoms with van der Waals surface area (Å²) in [6, 6.07) is 7.57. The average molecular weight is 258 g/mol. The summed E-state index contributed by atoms with van der Waals surface area (Å²) >= 11 is 0. The first kappa shape index (κ1) is 10.8. The summed E-state index contributed by atoms with van der Waals surface area (Å²) in [5.74, 6) is -0.214. The molecule has 0 radical (unpaired) electrons. The van der Waals surface area contributed by atoms with Crippen molar-refractivity contribution in [3.8, 4) is 0 Å². The lowest BCUT2D eigenvalue weighted by Gasteiger charge is -2.39. The van der Waals surface area contributed by atoms with Crippen molar-refractivity contribution in [3.05, 3.63) is 29.8 Å². The van der Waals surface area contributed by atoms with E-state index in [4.69, 9.17) is 4.74 Å². The van der Waals surface area contributed by atoms with Gasteiger partial charge in [-0.3, -0.25) is 4.79 Å². The van der Waals surface area contributed by atoms with Crippen LogP contribution >= 0.6 is 0 Å². The van der Waals surface area contributed by atoms with E-state index in [9.17, 15) is 9.59 Å². The second-order valence-corrected chi connectivity index (χ2v) is 5.39. The van der Waals surface area contributed by atoms with Crippen molar-refractivity contribution >= 4 is 17.7 Å². The van der Waals surface area contributed by atoms with Crippen LogP contribution in [0.5, 0.6) is 0 Å². The quantitative estimate of drug-likeness (QED) is 0.772. The zero-order chi connectivity index (χ0) is 13.0. The topological polar surface area (TPSA) is 58.6 Å². The lowest BCUT2D eigenvalue weighted by atomic mass is 9.86. The number of para-hydroxylation sites is 1. The van der Waals surface area contributed by atoms with Gasteiger partial charge in [-0.25, -0.2) is 4.79 Å². The van der Waals surface area contributed by atoms with Crippen LogP contribution in [0, 0.1) is 0 Å². The smallest absolute Gasteiger partial charge is 0.411 e. The number of amides is 2. The first-order valence-corrected chi connectivity index (χ1v) is 6.61. The van der Waals surface area contributed by atoms with Gasteiger partial charge in [0, 0.05) is 30.3 Å². The second kappa shape index (κ2) is 3.50. The van der Waals surface area contributed by atoms with E-state index in [1.54, 1.807) is 4.90 Å². The molecule has 1 spiro atoms. The number of rotatable bonds is 0. The molecule has 3 aliphatic rings. The fourth-order valence-corrected chi connectivity index (χ4v) is 3.46. The van der Waals surface area contributed by atoms with Crippen molar-refractivity contribution in [1.29, 1.82) is 0 Å². The van der Waals surface area contributed by atoms with Gasteiger partial charge in [-0.05, 0) is 18.9 Å². The van der Waals surface area contributed by atoms with Crippen LogP contribution in [0.3, 0.4) is 0 Å². The Morgan fingerprint density at radius 1 is 1.32 bits per heavy atom. The maximum absolute atomic E-state index is 12.3. The Morgan fingerprint density at radius 2 is 2.16 bits per heavy atom. The van der Waals surface area contributed by atoms with Crippen LogP contribution in [0.1, 0.15) is 24.8 Å². The van der Waals surface area contributed by atoms with E-state index in [2.05, 4.69) is 5.32 Å². The molecule has 3 aliphatic heterocycles. The van der Waals surface area contributed by atoms with Gasteiger partial charge >= 0.3 is 6.09 Å². The molecule has 3 heterocycles. The van der Waals surface area contributed by atoms with Gasteiger partial charge in [0.15, 0.2) is 0 Å². The van der Waals surface area contributed by atoms with Crippen molar-refractivity contribution in [1.82, 2.24) is 4.90 Å². The molecule has 0 bridgehead atoms. The standard InChI is InChI=1S/C14H14N2O3/c17-12-14(10-5-1-2-6-11(10)15-12)8-9-4-3-7-16(9)13(18)19-14/h1-2,5-6,9H,3-4,7-8H2,(H,15,17)/t9-,14-/m1/s1. The van der Waals surface area contributed by atoms with Gasteiger partial charge in [0.2, 0.25) is 5.60 Å². The Balaban J connectivity index is 1.82. The maximum Gasteiger partial charge on any atom is 0.411 e. The summed E-state index contributed by atoms with van der Waals surface area (Å²) in [4.78, 5) is 26.2. The fraction of sp³-hybridized carbons (Fsp3) is 0.429. The minimum atomic E-state index is -1.11. The molecule has 1 aromatic rings. The lowest BCUT2D eigenvalue weighted by molar-refractivity contribution is -0.142. The summed E-state index contributed by atoms with van der Waals surface area (Å²) in [6.45, 7) is 0.739. The Bertz CT molecular complexity index is 586. The highest BCUT2D eigenvalue weighted by molar-refractivity contribution is 6.06. The summed E-state index contributed by atoms with van der Waals surface area (Å²) in [5.41, 5.74) is 0.436. The van der Waals surface area contributed by atoms with Crippen LogP contribution < -0.4 is 5.32 Å². The van der Waals surface area contributed by atoms with E-state index < -0.39 is 5.60 Å². The number of ether oxygens (including phenoxy) is 1. The molecular weight excluding hydrogens is 244 g/mol. The number of benzene rings is 1. The number of carbonyl (C=O) groups excluding carboxylic acids is 2. The maximum atomic E-state index is 12.3. The normalized spacial score (nSPS) is 32.0. The molecule has 0 aromatic heterocycles. The van der Waals surface area contributed by atoms with E-state index in [1.807, 2.05) is 24.3 Å². The van der Waals surface area contributed by atoms with Crippen LogP contribution in [0.25, 0.3) is 0 Å². The predicted molar refractivity (Wildman–Crippen MR) is 67.6 cm³/mol. The monoisotopic (exact) mass is 258 g/mol. The molecule has 98 valence electrons. The first-order valence-electron chi connectivity index (χ1n) is 6.61.